The van der Waals surface area contributed by atoms with Gasteiger partial charge in [-0.2, -0.15) is 4.98 Å². The highest BCUT2D eigenvalue weighted by atomic mass is 32.2. The van der Waals surface area contributed by atoms with Crippen molar-refractivity contribution < 1.29 is 14.1 Å². The van der Waals surface area contributed by atoms with E-state index in [1.165, 1.54) is 7.11 Å². The van der Waals surface area contributed by atoms with Crippen molar-refractivity contribution in [3.63, 3.8) is 0 Å². The van der Waals surface area contributed by atoms with Crippen molar-refractivity contribution in [3.05, 3.63) is 42.0 Å². The van der Waals surface area contributed by atoms with Crippen molar-refractivity contribution in [1.82, 2.24) is 10.1 Å². The van der Waals surface area contributed by atoms with E-state index in [0.29, 0.717) is 11.6 Å². The molecule has 0 N–H and O–H groups in total. The summed E-state index contributed by atoms with van der Waals surface area (Å²) >= 11 is 1.61. The van der Waals surface area contributed by atoms with E-state index in [-0.39, 0.29) is 18.3 Å². The van der Waals surface area contributed by atoms with E-state index < -0.39 is 0 Å². The Morgan fingerprint density at radius 1 is 1.39 bits per heavy atom. The quantitative estimate of drug-likeness (QED) is 0.608. The molecule has 0 bridgehead atoms. The molecule has 2 aromatic rings. The lowest BCUT2D eigenvalue weighted by Crippen LogP contribution is -2.04. The fraction of sp³-hybridized carbons (Fsp3) is 0.250. The zero-order valence-electron chi connectivity index (χ0n) is 9.83. The second-order valence-corrected chi connectivity index (χ2v) is 4.51. The maximum Gasteiger partial charge on any atom is 0.315 e. The average Bonchev–Trinajstić information content (AvgIpc) is 2.85. The van der Waals surface area contributed by atoms with E-state index in [9.17, 15) is 4.79 Å². The van der Waals surface area contributed by atoms with Gasteiger partial charge in [0.15, 0.2) is 5.82 Å². The van der Waals surface area contributed by atoms with Crippen LogP contribution in [0, 0.1) is 0 Å². The molecule has 0 saturated carbocycles. The molecule has 94 valence electrons. The zero-order chi connectivity index (χ0) is 12.8. The van der Waals surface area contributed by atoms with E-state index in [4.69, 9.17) is 4.52 Å². The minimum Gasteiger partial charge on any atom is -0.469 e. The van der Waals surface area contributed by atoms with Gasteiger partial charge in [-0.1, -0.05) is 23.4 Å². The third-order valence-electron chi connectivity index (χ3n) is 2.14. The summed E-state index contributed by atoms with van der Waals surface area (Å²) in [6, 6.07) is 9.94. The van der Waals surface area contributed by atoms with E-state index in [2.05, 4.69) is 14.9 Å². The van der Waals surface area contributed by atoms with Crippen LogP contribution in [0.1, 0.15) is 11.7 Å². The molecule has 0 fully saturated rings. The molecule has 0 radical (unpaired) electrons. The van der Waals surface area contributed by atoms with Gasteiger partial charge in [0.05, 0.1) is 12.9 Å². The molecule has 6 heteroatoms. The summed E-state index contributed by atoms with van der Waals surface area (Å²) in [6.07, 6.45) is 0.0134. The molecule has 1 aromatic carbocycles. The van der Waals surface area contributed by atoms with Crippen LogP contribution in [0.5, 0.6) is 0 Å². The Morgan fingerprint density at radius 2 is 2.17 bits per heavy atom. The number of methoxy groups -OCH3 is 1. The summed E-state index contributed by atoms with van der Waals surface area (Å²) in [5, 5.41) is 3.80. The third kappa shape index (κ3) is 3.59. The Hall–Kier alpha value is -1.82. The average molecular weight is 264 g/mol. The smallest absolute Gasteiger partial charge is 0.315 e. The number of thioether (sulfide) groups is 1. The van der Waals surface area contributed by atoms with Crippen LogP contribution in [0.2, 0.25) is 0 Å². The van der Waals surface area contributed by atoms with Gasteiger partial charge in [0.1, 0.15) is 6.42 Å². The lowest BCUT2D eigenvalue weighted by Gasteiger charge is -1.96. The van der Waals surface area contributed by atoms with E-state index >= 15 is 0 Å². The lowest BCUT2D eigenvalue weighted by molar-refractivity contribution is -0.140. The van der Waals surface area contributed by atoms with Gasteiger partial charge >= 0.3 is 5.97 Å². The molecule has 0 spiro atoms. The predicted molar refractivity (Wildman–Crippen MR) is 66.0 cm³/mol. The first-order valence-electron chi connectivity index (χ1n) is 5.34. The number of rotatable bonds is 5. The van der Waals surface area contributed by atoms with E-state index in [1.54, 1.807) is 11.8 Å². The Morgan fingerprint density at radius 3 is 2.89 bits per heavy atom. The van der Waals surface area contributed by atoms with Crippen LogP contribution in [0.4, 0.5) is 0 Å². The molecule has 0 aliphatic rings. The number of nitrogens with zero attached hydrogens (tertiary/aromatic N) is 2. The molecule has 1 aromatic heterocycles. The highest BCUT2D eigenvalue weighted by molar-refractivity contribution is 7.98. The zero-order valence-corrected chi connectivity index (χ0v) is 10.6. The summed E-state index contributed by atoms with van der Waals surface area (Å²) in [6.45, 7) is 0. The van der Waals surface area contributed by atoms with Crippen molar-refractivity contribution in [1.29, 1.82) is 0 Å². The summed E-state index contributed by atoms with van der Waals surface area (Å²) < 4.78 is 9.47. The van der Waals surface area contributed by atoms with Gasteiger partial charge < -0.3 is 9.26 Å². The number of benzene rings is 1. The summed E-state index contributed by atoms with van der Waals surface area (Å²) in [7, 11) is 1.32. The molecule has 0 aliphatic heterocycles. The lowest BCUT2D eigenvalue weighted by atomic mass is 10.4. The number of carbonyl (C=O) groups excluding carboxylic acids is 1. The molecule has 0 aliphatic carbocycles. The van der Waals surface area contributed by atoms with Crippen LogP contribution >= 0.6 is 11.8 Å². The van der Waals surface area contributed by atoms with Crippen LogP contribution in [-0.2, 0) is 21.7 Å². The summed E-state index contributed by atoms with van der Waals surface area (Å²) in [5.74, 6) is 1.07. The molecule has 2 rings (SSSR count). The first kappa shape index (κ1) is 12.6. The standard InChI is InChI=1S/C12H12N2O3S/c1-16-12(15)7-11-13-10(14-17-11)8-18-9-5-3-2-4-6-9/h2-6H,7-8H2,1H3. The molecule has 0 amide bonds. The number of hydrogen-bond donors (Lipinski definition) is 0. The molecule has 18 heavy (non-hydrogen) atoms. The van der Waals surface area contributed by atoms with Gasteiger partial charge in [0.25, 0.3) is 0 Å². The number of hydrogen-bond acceptors (Lipinski definition) is 6. The minimum absolute atomic E-state index is 0.0134. The number of ether oxygens (including phenoxy) is 1. The molecule has 0 unspecified atom stereocenters. The summed E-state index contributed by atoms with van der Waals surface area (Å²) in [5.41, 5.74) is 0. The maximum absolute atomic E-state index is 11.0. The van der Waals surface area contributed by atoms with Gasteiger partial charge in [-0.05, 0) is 12.1 Å². The molecule has 0 saturated heterocycles. The third-order valence-corrected chi connectivity index (χ3v) is 3.15. The van der Waals surface area contributed by atoms with Gasteiger partial charge in [-0.3, -0.25) is 4.79 Å². The number of aromatic nitrogens is 2. The molecule has 0 atom stereocenters. The first-order valence-corrected chi connectivity index (χ1v) is 6.32. The second-order valence-electron chi connectivity index (χ2n) is 3.46. The number of carbonyl (C=O) groups is 1. The Labute approximate surface area is 109 Å². The van der Waals surface area contributed by atoms with Gasteiger partial charge in [-0.15, -0.1) is 11.8 Å². The van der Waals surface area contributed by atoms with Gasteiger partial charge in [0.2, 0.25) is 5.89 Å². The van der Waals surface area contributed by atoms with Crippen LogP contribution in [0.15, 0.2) is 39.8 Å². The second kappa shape index (κ2) is 6.20. The molecular formula is C12H12N2O3S. The highest BCUT2D eigenvalue weighted by Gasteiger charge is 2.11. The fourth-order valence-electron chi connectivity index (χ4n) is 1.28. The number of esters is 1. The molecule has 5 nitrogen and oxygen atoms in total. The van der Waals surface area contributed by atoms with Crippen LogP contribution in [0.3, 0.4) is 0 Å². The van der Waals surface area contributed by atoms with Crippen LogP contribution < -0.4 is 0 Å². The first-order chi connectivity index (χ1) is 8.78. The van der Waals surface area contributed by atoms with Crippen LogP contribution in [-0.4, -0.2) is 23.2 Å². The SMILES string of the molecule is COC(=O)Cc1nc(CSc2ccccc2)no1. The topological polar surface area (TPSA) is 65.2 Å². The van der Waals surface area contributed by atoms with Crippen molar-refractivity contribution in [2.24, 2.45) is 0 Å². The monoisotopic (exact) mass is 264 g/mol. The Balaban J connectivity index is 1.89. The van der Waals surface area contributed by atoms with Gasteiger partial charge in [0, 0.05) is 4.90 Å². The largest absolute Gasteiger partial charge is 0.469 e. The molecular weight excluding hydrogens is 252 g/mol. The fourth-order valence-corrected chi connectivity index (χ4v) is 2.04. The Bertz CT molecular complexity index is 513. The highest BCUT2D eigenvalue weighted by Crippen LogP contribution is 2.20. The normalized spacial score (nSPS) is 10.3. The Kier molecular flexibility index (Phi) is 4.35. The molecule has 1 heterocycles. The van der Waals surface area contributed by atoms with Crippen LogP contribution in [0.25, 0.3) is 0 Å². The van der Waals surface area contributed by atoms with Crippen molar-refractivity contribution in [2.45, 2.75) is 17.1 Å². The van der Waals surface area contributed by atoms with Crippen molar-refractivity contribution in [2.75, 3.05) is 7.11 Å². The van der Waals surface area contributed by atoms with Crippen molar-refractivity contribution >= 4 is 17.7 Å². The van der Waals surface area contributed by atoms with E-state index in [0.717, 1.165) is 4.90 Å². The van der Waals surface area contributed by atoms with E-state index in [1.807, 2.05) is 30.3 Å². The van der Waals surface area contributed by atoms with Gasteiger partial charge in [-0.25, -0.2) is 0 Å². The maximum atomic E-state index is 11.0. The summed E-state index contributed by atoms with van der Waals surface area (Å²) in [4.78, 5) is 16.3. The predicted octanol–water partition coefficient (Wildman–Crippen LogP) is 2.08. The van der Waals surface area contributed by atoms with Crippen molar-refractivity contribution in [3.8, 4) is 0 Å². The minimum atomic E-state index is -0.388.